The van der Waals surface area contributed by atoms with Gasteiger partial charge in [0.1, 0.15) is 5.75 Å². The molecular formula is C14H16BrF2NO. The lowest BCUT2D eigenvalue weighted by molar-refractivity contribution is -0.0505. The maximum absolute atomic E-state index is 12.3. The summed E-state index contributed by atoms with van der Waals surface area (Å²) in [4.78, 5) is 0. The largest absolute Gasteiger partial charge is 0.434 e. The zero-order valence-electron chi connectivity index (χ0n) is 10.6. The Morgan fingerprint density at radius 2 is 2.21 bits per heavy atom. The topological polar surface area (TPSA) is 21.3 Å². The first-order chi connectivity index (χ1) is 9.06. The monoisotopic (exact) mass is 331 g/mol. The molecule has 1 rings (SSSR count). The van der Waals surface area contributed by atoms with Gasteiger partial charge in [-0.05, 0) is 24.6 Å². The lowest BCUT2D eigenvalue weighted by Gasteiger charge is -2.16. The van der Waals surface area contributed by atoms with E-state index in [2.05, 4.69) is 31.9 Å². The van der Waals surface area contributed by atoms with Crippen LogP contribution in [0.15, 0.2) is 22.7 Å². The number of nitrogens with one attached hydrogen (secondary N) is 1. The number of hydrogen-bond acceptors (Lipinski definition) is 2. The minimum Gasteiger partial charge on any atom is -0.434 e. The van der Waals surface area contributed by atoms with Crippen LogP contribution in [0.4, 0.5) is 8.78 Å². The molecule has 1 unspecified atom stereocenters. The molecule has 1 aromatic carbocycles. The van der Waals surface area contributed by atoms with E-state index in [1.807, 2.05) is 6.92 Å². The first-order valence-electron chi connectivity index (χ1n) is 5.96. The molecule has 0 aromatic heterocycles. The van der Waals surface area contributed by atoms with Crippen LogP contribution in [-0.2, 0) is 6.54 Å². The van der Waals surface area contributed by atoms with Gasteiger partial charge in [-0.2, -0.15) is 8.78 Å². The Bertz CT molecular complexity index is 446. The molecule has 0 bridgehead atoms. The Labute approximate surface area is 120 Å². The molecule has 0 fully saturated rings. The Morgan fingerprint density at radius 1 is 1.47 bits per heavy atom. The zero-order chi connectivity index (χ0) is 14.3. The normalized spacial score (nSPS) is 12.2. The van der Waals surface area contributed by atoms with Crippen molar-refractivity contribution in [3.05, 3.63) is 28.2 Å². The molecule has 1 N–H and O–H groups in total. The second kappa shape index (κ2) is 8.13. The van der Waals surface area contributed by atoms with E-state index < -0.39 is 6.61 Å². The van der Waals surface area contributed by atoms with Gasteiger partial charge in [-0.25, -0.2) is 0 Å². The van der Waals surface area contributed by atoms with Crippen LogP contribution in [-0.4, -0.2) is 12.7 Å². The molecule has 0 aliphatic rings. The van der Waals surface area contributed by atoms with Gasteiger partial charge in [0.2, 0.25) is 0 Å². The summed E-state index contributed by atoms with van der Waals surface area (Å²) in [6.45, 7) is -0.374. The van der Waals surface area contributed by atoms with Crippen molar-refractivity contribution in [2.75, 3.05) is 0 Å². The van der Waals surface area contributed by atoms with Crippen LogP contribution in [0.5, 0.6) is 5.75 Å². The van der Waals surface area contributed by atoms with Crippen LogP contribution >= 0.6 is 15.9 Å². The molecule has 0 radical (unpaired) electrons. The summed E-state index contributed by atoms with van der Waals surface area (Å²) in [6, 6.07) is 5.12. The maximum atomic E-state index is 12.3. The van der Waals surface area contributed by atoms with E-state index >= 15 is 0 Å². The van der Waals surface area contributed by atoms with Gasteiger partial charge in [-0.3, -0.25) is 0 Å². The average Bonchev–Trinajstić information content (AvgIpc) is 2.36. The number of hydrogen-bond donors (Lipinski definition) is 1. The second-order valence-corrected chi connectivity index (χ2v) is 4.94. The van der Waals surface area contributed by atoms with Gasteiger partial charge in [-0.1, -0.05) is 22.9 Å². The van der Waals surface area contributed by atoms with Gasteiger partial charge in [0, 0.05) is 29.0 Å². The van der Waals surface area contributed by atoms with Gasteiger partial charge in [-0.15, -0.1) is 12.3 Å². The standard InChI is InChI=1S/C14H16BrF2NO/c1-3-5-12(4-2)18-9-10-8-11(15)6-7-13(10)19-14(16)17/h1,6-8,12,14,18H,4-5,9H2,2H3. The van der Waals surface area contributed by atoms with E-state index in [0.717, 1.165) is 10.9 Å². The molecule has 104 valence electrons. The fourth-order valence-corrected chi connectivity index (χ4v) is 2.06. The van der Waals surface area contributed by atoms with Crippen LogP contribution < -0.4 is 10.1 Å². The molecule has 0 aliphatic carbocycles. The number of rotatable bonds is 7. The highest BCUT2D eigenvalue weighted by molar-refractivity contribution is 9.10. The molecule has 5 heteroatoms. The number of ether oxygens (including phenoxy) is 1. The highest BCUT2D eigenvalue weighted by Gasteiger charge is 2.11. The molecule has 0 aliphatic heterocycles. The van der Waals surface area contributed by atoms with Gasteiger partial charge in [0.25, 0.3) is 0 Å². The van der Waals surface area contributed by atoms with Gasteiger partial charge in [0.05, 0.1) is 0 Å². The lowest BCUT2D eigenvalue weighted by Crippen LogP contribution is -2.27. The van der Waals surface area contributed by atoms with Crippen LogP contribution in [0.2, 0.25) is 0 Å². The van der Waals surface area contributed by atoms with Crippen LogP contribution in [0.25, 0.3) is 0 Å². The van der Waals surface area contributed by atoms with Gasteiger partial charge in [0.15, 0.2) is 0 Å². The quantitative estimate of drug-likeness (QED) is 0.764. The van der Waals surface area contributed by atoms with Crippen molar-refractivity contribution in [2.45, 2.75) is 39.0 Å². The number of alkyl halides is 2. The van der Waals surface area contributed by atoms with E-state index in [9.17, 15) is 8.78 Å². The summed E-state index contributed by atoms with van der Waals surface area (Å²) in [5.74, 6) is 2.77. The number of benzene rings is 1. The van der Waals surface area contributed by atoms with E-state index in [4.69, 9.17) is 6.42 Å². The third-order valence-corrected chi connectivity index (χ3v) is 3.17. The van der Waals surface area contributed by atoms with Crippen molar-refractivity contribution in [1.29, 1.82) is 0 Å². The van der Waals surface area contributed by atoms with E-state index in [1.165, 1.54) is 6.07 Å². The molecule has 0 amide bonds. The third-order valence-electron chi connectivity index (χ3n) is 2.68. The summed E-state index contributed by atoms with van der Waals surface area (Å²) in [6.07, 6.45) is 6.76. The summed E-state index contributed by atoms with van der Waals surface area (Å²) in [7, 11) is 0. The van der Waals surface area contributed by atoms with Crippen molar-refractivity contribution in [3.63, 3.8) is 0 Å². The van der Waals surface area contributed by atoms with E-state index in [1.54, 1.807) is 12.1 Å². The first kappa shape index (κ1) is 15.9. The van der Waals surface area contributed by atoms with Crippen molar-refractivity contribution in [1.82, 2.24) is 5.32 Å². The Kier molecular flexibility index (Phi) is 6.82. The Morgan fingerprint density at radius 3 is 2.79 bits per heavy atom. The predicted molar refractivity (Wildman–Crippen MR) is 75.1 cm³/mol. The Hall–Kier alpha value is -1.12. The molecule has 2 nitrogen and oxygen atoms in total. The SMILES string of the molecule is C#CCC(CC)NCc1cc(Br)ccc1OC(F)F. The van der Waals surface area contributed by atoms with Crippen molar-refractivity contribution >= 4 is 15.9 Å². The highest BCUT2D eigenvalue weighted by Crippen LogP contribution is 2.25. The summed E-state index contributed by atoms with van der Waals surface area (Å²) >= 11 is 3.31. The second-order valence-electron chi connectivity index (χ2n) is 4.02. The lowest BCUT2D eigenvalue weighted by atomic mass is 10.1. The minimum absolute atomic E-state index is 0.170. The average molecular weight is 332 g/mol. The van der Waals surface area contributed by atoms with E-state index in [-0.39, 0.29) is 11.8 Å². The van der Waals surface area contributed by atoms with Crippen LogP contribution in [0.1, 0.15) is 25.3 Å². The van der Waals surface area contributed by atoms with Gasteiger partial charge >= 0.3 is 6.61 Å². The molecule has 0 heterocycles. The minimum atomic E-state index is -2.83. The molecule has 1 atom stereocenters. The molecule has 0 spiro atoms. The smallest absolute Gasteiger partial charge is 0.387 e. The summed E-state index contributed by atoms with van der Waals surface area (Å²) in [5.41, 5.74) is 0.671. The van der Waals surface area contributed by atoms with Crippen molar-refractivity contribution in [3.8, 4) is 18.1 Å². The van der Waals surface area contributed by atoms with Crippen molar-refractivity contribution in [2.24, 2.45) is 0 Å². The van der Waals surface area contributed by atoms with Crippen LogP contribution in [0, 0.1) is 12.3 Å². The first-order valence-corrected chi connectivity index (χ1v) is 6.76. The molecular weight excluding hydrogens is 316 g/mol. The third kappa shape index (κ3) is 5.58. The highest BCUT2D eigenvalue weighted by atomic mass is 79.9. The molecule has 1 aromatic rings. The maximum Gasteiger partial charge on any atom is 0.387 e. The fourth-order valence-electron chi connectivity index (χ4n) is 1.65. The molecule has 0 saturated carbocycles. The predicted octanol–water partition coefficient (Wildman–Crippen LogP) is 3.94. The zero-order valence-corrected chi connectivity index (χ0v) is 12.2. The van der Waals surface area contributed by atoms with Crippen molar-refractivity contribution < 1.29 is 13.5 Å². The fraction of sp³-hybridized carbons (Fsp3) is 0.429. The van der Waals surface area contributed by atoms with Gasteiger partial charge < -0.3 is 10.1 Å². The Balaban J connectivity index is 2.75. The number of terminal acetylenes is 1. The summed E-state index contributed by atoms with van der Waals surface area (Å²) in [5, 5.41) is 3.24. The number of halogens is 3. The van der Waals surface area contributed by atoms with Crippen LogP contribution in [0.3, 0.4) is 0 Å². The molecule has 0 saturated heterocycles. The van der Waals surface area contributed by atoms with E-state index in [0.29, 0.717) is 18.5 Å². The summed E-state index contributed by atoms with van der Waals surface area (Å²) < 4.78 is 29.9. The molecule has 19 heavy (non-hydrogen) atoms.